The van der Waals surface area contributed by atoms with Gasteiger partial charge in [0.15, 0.2) is 0 Å². The largest absolute Gasteiger partial charge is 0.469 e. The summed E-state index contributed by atoms with van der Waals surface area (Å²) in [5.41, 5.74) is 6.63. The average molecular weight is 293 g/mol. The molecule has 5 heteroatoms. The third kappa shape index (κ3) is 3.48. The van der Waals surface area contributed by atoms with Crippen LogP contribution in [0.5, 0.6) is 0 Å². The van der Waals surface area contributed by atoms with Gasteiger partial charge in [-0.15, -0.1) is 0 Å². The van der Waals surface area contributed by atoms with Gasteiger partial charge in [0.1, 0.15) is 0 Å². The lowest BCUT2D eigenvalue weighted by molar-refractivity contribution is -0.141. The number of esters is 1. The fraction of sp³-hybridized carbons (Fsp3) is 0.300. The van der Waals surface area contributed by atoms with E-state index in [0.29, 0.717) is 5.02 Å². The van der Waals surface area contributed by atoms with E-state index < -0.39 is 0 Å². The molecule has 0 saturated carbocycles. The van der Waals surface area contributed by atoms with Crippen molar-refractivity contribution in [2.75, 3.05) is 7.11 Å². The lowest BCUT2D eigenvalue weighted by Crippen LogP contribution is -2.16. The van der Waals surface area contributed by atoms with Crippen molar-refractivity contribution in [1.82, 2.24) is 0 Å². The number of ether oxygens (including phenoxy) is 1. The Morgan fingerprint density at radius 3 is 2.87 bits per heavy atom. The summed E-state index contributed by atoms with van der Waals surface area (Å²) in [4.78, 5) is 11.0. The molecule has 3 nitrogen and oxygen atoms in total. The lowest BCUT2D eigenvalue weighted by Gasteiger charge is -2.11. The van der Waals surface area contributed by atoms with Crippen molar-refractivity contribution in [3.8, 4) is 0 Å². The van der Waals surface area contributed by atoms with Crippen molar-refractivity contribution in [1.29, 1.82) is 0 Å². The van der Waals surface area contributed by atoms with Crippen LogP contribution in [0.15, 0.2) is 22.7 Å². The van der Waals surface area contributed by atoms with Crippen LogP contribution in [0.2, 0.25) is 5.02 Å². The first-order valence-electron chi connectivity index (χ1n) is 4.32. The molecule has 15 heavy (non-hydrogen) atoms. The van der Waals surface area contributed by atoms with Crippen LogP contribution < -0.4 is 5.73 Å². The highest BCUT2D eigenvalue weighted by Gasteiger charge is 2.12. The molecule has 1 unspecified atom stereocenters. The van der Waals surface area contributed by atoms with Crippen LogP contribution in [-0.4, -0.2) is 13.1 Å². The van der Waals surface area contributed by atoms with Crippen molar-refractivity contribution in [3.63, 3.8) is 0 Å². The maximum Gasteiger partial charge on any atom is 0.307 e. The van der Waals surface area contributed by atoms with Crippen molar-refractivity contribution < 1.29 is 9.53 Å². The minimum Gasteiger partial charge on any atom is -0.469 e. The van der Waals surface area contributed by atoms with E-state index in [1.165, 1.54) is 7.11 Å². The fourth-order valence-electron chi connectivity index (χ4n) is 1.12. The highest BCUT2D eigenvalue weighted by atomic mass is 79.9. The Hall–Kier alpha value is -0.580. The van der Waals surface area contributed by atoms with E-state index >= 15 is 0 Å². The molecule has 1 aromatic rings. The number of benzene rings is 1. The van der Waals surface area contributed by atoms with Crippen LogP contribution in [0.25, 0.3) is 0 Å². The minimum atomic E-state index is -0.386. The van der Waals surface area contributed by atoms with Gasteiger partial charge in [0.2, 0.25) is 0 Å². The van der Waals surface area contributed by atoms with Gasteiger partial charge in [0.25, 0.3) is 0 Å². The van der Waals surface area contributed by atoms with Gasteiger partial charge in [0, 0.05) is 10.5 Å². The molecular formula is C10H11BrClNO2. The summed E-state index contributed by atoms with van der Waals surface area (Å²) in [5, 5.41) is 0.577. The molecule has 1 rings (SSSR count). The van der Waals surface area contributed by atoms with E-state index in [9.17, 15) is 4.79 Å². The molecule has 0 amide bonds. The van der Waals surface area contributed by atoms with Crippen molar-refractivity contribution in [2.24, 2.45) is 5.73 Å². The highest BCUT2D eigenvalue weighted by molar-refractivity contribution is 9.10. The third-order valence-electron chi connectivity index (χ3n) is 1.99. The molecule has 0 fully saturated rings. The molecule has 0 aliphatic rings. The molecular weight excluding hydrogens is 281 g/mol. The molecule has 1 atom stereocenters. The zero-order valence-corrected chi connectivity index (χ0v) is 10.5. The summed E-state index contributed by atoms with van der Waals surface area (Å²) in [6, 6.07) is 4.97. The highest BCUT2D eigenvalue weighted by Crippen LogP contribution is 2.26. The van der Waals surface area contributed by atoms with Crippen molar-refractivity contribution >= 4 is 33.5 Å². The number of methoxy groups -OCH3 is 1. The number of carbonyl (C=O) groups is 1. The molecule has 0 heterocycles. The van der Waals surface area contributed by atoms with E-state index in [0.717, 1.165) is 10.0 Å². The van der Waals surface area contributed by atoms with E-state index in [-0.39, 0.29) is 18.4 Å². The first-order chi connectivity index (χ1) is 7.04. The Kier molecular flexibility index (Phi) is 4.57. The summed E-state index contributed by atoms with van der Waals surface area (Å²) in [5.74, 6) is -0.332. The van der Waals surface area contributed by atoms with Gasteiger partial charge < -0.3 is 10.5 Å². The van der Waals surface area contributed by atoms with Crippen LogP contribution in [-0.2, 0) is 9.53 Å². The van der Waals surface area contributed by atoms with Crippen LogP contribution in [0, 0.1) is 0 Å². The second kappa shape index (κ2) is 5.49. The number of rotatable bonds is 3. The Bertz CT molecular complexity index is 370. The molecule has 0 aliphatic heterocycles. The Balaban J connectivity index is 2.78. The topological polar surface area (TPSA) is 52.3 Å². The maximum atomic E-state index is 11.0. The predicted molar refractivity (Wildman–Crippen MR) is 62.7 cm³/mol. The molecule has 0 aliphatic carbocycles. The number of nitrogens with two attached hydrogens (primary N) is 1. The van der Waals surface area contributed by atoms with Crippen LogP contribution in [0.3, 0.4) is 0 Å². The van der Waals surface area contributed by atoms with Gasteiger partial charge >= 0.3 is 5.97 Å². The van der Waals surface area contributed by atoms with Gasteiger partial charge in [-0.05, 0) is 33.6 Å². The van der Waals surface area contributed by atoms with Crippen LogP contribution in [0.1, 0.15) is 18.0 Å². The van der Waals surface area contributed by atoms with Gasteiger partial charge in [-0.25, -0.2) is 0 Å². The molecule has 1 aromatic carbocycles. The number of hydrogen-bond acceptors (Lipinski definition) is 3. The average Bonchev–Trinajstić information content (AvgIpc) is 2.21. The fourth-order valence-corrected chi connectivity index (χ4v) is 1.56. The van der Waals surface area contributed by atoms with E-state index in [1.54, 1.807) is 12.1 Å². The number of carbonyl (C=O) groups excluding carboxylic acids is 1. The van der Waals surface area contributed by atoms with Gasteiger partial charge in [-0.1, -0.05) is 17.7 Å². The first kappa shape index (κ1) is 12.5. The zero-order chi connectivity index (χ0) is 11.4. The van der Waals surface area contributed by atoms with Crippen LogP contribution in [0.4, 0.5) is 0 Å². The Morgan fingerprint density at radius 1 is 1.67 bits per heavy atom. The normalized spacial score (nSPS) is 12.3. The molecule has 0 radical (unpaired) electrons. The number of halogens is 2. The third-order valence-corrected chi connectivity index (χ3v) is 3.22. The zero-order valence-electron chi connectivity index (χ0n) is 8.17. The van der Waals surface area contributed by atoms with Crippen LogP contribution >= 0.6 is 27.5 Å². The lowest BCUT2D eigenvalue weighted by atomic mass is 10.1. The van der Waals surface area contributed by atoms with Crippen molar-refractivity contribution in [3.05, 3.63) is 33.3 Å². The van der Waals surface area contributed by atoms with Gasteiger partial charge in [-0.3, -0.25) is 4.79 Å². The summed E-state index contributed by atoms with van der Waals surface area (Å²) in [6.45, 7) is 0. The van der Waals surface area contributed by atoms with E-state index in [2.05, 4.69) is 20.7 Å². The molecule has 2 N–H and O–H groups in total. The summed E-state index contributed by atoms with van der Waals surface area (Å²) >= 11 is 9.19. The molecule has 0 aromatic heterocycles. The van der Waals surface area contributed by atoms with Crippen molar-refractivity contribution in [2.45, 2.75) is 12.5 Å². The van der Waals surface area contributed by atoms with Gasteiger partial charge in [-0.2, -0.15) is 0 Å². The first-order valence-corrected chi connectivity index (χ1v) is 5.49. The molecule has 0 bridgehead atoms. The summed E-state index contributed by atoms with van der Waals surface area (Å²) in [7, 11) is 1.34. The van der Waals surface area contributed by atoms with Gasteiger partial charge in [0.05, 0.1) is 18.6 Å². The van der Waals surface area contributed by atoms with E-state index in [1.807, 2.05) is 6.07 Å². The molecule has 82 valence electrons. The summed E-state index contributed by atoms with van der Waals surface area (Å²) in [6.07, 6.45) is 0.147. The minimum absolute atomic E-state index is 0.147. The second-order valence-corrected chi connectivity index (χ2v) is 4.32. The quantitative estimate of drug-likeness (QED) is 0.871. The predicted octanol–water partition coefficient (Wildman–Crippen LogP) is 2.67. The standard InChI is InChI=1S/C10H11BrClNO2/c1-15-10(14)5-9(13)6-2-3-7(11)8(12)4-6/h2-4,9H,5,13H2,1H3. The smallest absolute Gasteiger partial charge is 0.307 e. The molecule has 0 spiro atoms. The maximum absolute atomic E-state index is 11.0. The summed E-state index contributed by atoms with van der Waals surface area (Å²) < 4.78 is 5.34. The molecule has 0 saturated heterocycles. The van der Waals surface area contributed by atoms with E-state index in [4.69, 9.17) is 17.3 Å². The number of hydrogen-bond donors (Lipinski definition) is 1. The second-order valence-electron chi connectivity index (χ2n) is 3.06. The Morgan fingerprint density at radius 2 is 2.33 bits per heavy atom. The SMILES string of the molecule is COC(=O)CC(N)c1ccc(Br)c(Cl)c1. The monoisotopic (exact) mass is 291 g/mol. The Labute approximate surface area is 102 Å².